The number of hydrogen-bond donors (Lipinski definition) is 2. The maximum absolute atomic E-state index is 13.4. The standard InChI is InChI=1S/C10H12FN3O5S/c1-6(10(15)12-2)13-20(18,19)7-3-4-9(14(16)17)8(11)5-7/h3-6,13H,1-2H3,(H,12,15). The minimum Gasteiger partial charge on any atom is -0.358 e. The topological polar surface area (TPSA) is 118 Å². The molecule has 0 radical (unpaired) electrons. The maximum atomic E-state index is 13.4. The second-order valence-electron chi connectivity index (χ2n) is 3.83. The summed E-state index contributed by atoms with van der Waals surface area (Å²) in [4.78, 5) is 20.2. The Bertz CT molecular complexity index is 646. The zero-order valence-corrected chi connectivity index (χ0v) is 11.4. The molecular formula is C10H12FN3O5S. The number of nitrogens with one attached hydrogen (secondary N) is 2. The SMILES string of the molecule is CNC(=O)C(C)NS(=O)(=O)c1ccc([N+](=O)[O-])c(F)c1. The summed E-state index contributed by atoms with van der Waals surface area (Å²) in [6, 6.07) is 1.09. The fraction of sp³-hybridized carbons (Fsp3) is 0.300. The monoisotopic (exact) mass is 305 g/mol. The van der Waals surface area contributed by atoms with E-state index in [4.69, 9.17) is 0 Å². The minimum absolute atomic E-state index is 0.503. The molecule has 0 aliphatic rings. The third-order valence-corrected chi connectivity index (χ3v) is 3.94. The van der Waals surface area contributed by atoms with Crippen molar-refractivity contribution in [3.63, 3.8) is 0 Å². The van der Waals surface area contributed by atoms with E-state index in [2.05, 4.69) is 5.32 Å². The van der Waals surface area contributed by atoms with Crippen LogP contribution in [0.3, 0.4) is 0 Å². The van der Waals surface area contributed by atoms with Gasteiger partial charge in [-0.05, 0) is 13.0 Å². The highest BCUT2D eigenvalue weighted by Gasteiger charge is 2.24. The van der Waals surface area contributed by atoms with Crippen LogP contribution in [0.25, 0.3) is 0 Å². The number of hydrogen-bond acceptors (Lipinski definition) is 5. The zero-order chi connectivity index (χ0) is 15.5. The van der Waals surface area contributed by atoms with Gasteiger partial charge in [-0.25, -0.2) is 8.42 Å². The molecule has 1 aromatic rings. The number of benzene rings is 1. The molecule has 0 spiro atoms. The lowest BCUT2D eigenvalue weighted by molar-refractivity contribution is -0.387. The van der Waals surface area contributed by atoms with E-state index >= 15 is 0 Å². The number of likely N-dealkylation sites (N-methyl/N-ethyl adjacent to an activating group) is 1. The quantitative estimate of drug-likeness (QED) is 0.593. The second kappa shape index (κ2) is 5.92. The smallest absolute Gasteiger partial charge is 0.304 e. The van der Waals surface area contributed by atoms with Gasteiger partial charge in [0.2, 0.25) is 21.7 Å². The van der Waals surface area contributed by atoms with Crippen LogP contribution in [0.5, 0.6) is 0 Å². The van der Waals surface area contributed by atoms with E-state index < -0.39 is 43.3 Å². The fourth-order valence-electron chi connectivity index (χ4n) is 1.37. The number of carbonyl (C=O) groups is 1. The first-order chi connectivity index (χ1) is 9.19. The van der Waals surface area contributed by atoms with Gasteiger partial charge < -0.3 is 5.32 Å². The fourth-order valence-corrected chi connectivity index (χ4v) is 2.59. The van der Waals surface area contributed by atoms with E-state index in [9.17, 15) is 27.7 Å². The molecule has 0 saturated carbocycles. The minimum atomic E-state index is -4.15. The molecule has 1 aromatic carbocycles. The lowest BCUT2D eigenvalue weighted by atomic mass is 10.3. The van der Waals surface area contributed by atoms with Crippen LogP contribution in [-0.2, 0) is 14.8 Å². The van der Waals surface area contributed by atoms with Crippen molar-refractivity contribution in [2.24, 2.45) is 0 Å². The van der Waals surface area contributed by atoms with Gasteiger partial charge >= 0.3 is 5.69 Å². The number of carbonyl (C=O) groups excluding carboxylic acids is 1. The van der Waals surface area contributed by atoms with Gasteiger partial charge in [-0.15, -0.1) is 0 Å². The Labute approximate surface area is 114 Å². The molecule has 0 aliphatic carbocycles. The van der Waals surface area contributed by atoms with Gasteiger partial charge in [-0.1, -0.05) is 0 Å². The Morgan fingerprint density at radius 3 is 2.50 bits per heavy atom. The second-order valence-corrected chi connectivity index (χ2v) is 5.54. The van der Waals surface area contributed by atoms with Crippen LogP contribution < -0.4 is 10.0 Å². The Balaban J connectivity index is 3.08. The number of sulfonamides is 1. The molecule has 0 heterocycles. The third-order valence-electron chi connectivity index (χ3n) is 2.40. The molecule has 1 amide bonds. The van der Waals surface area contributed by atoms with E-state index in [1.54, 1.807) is 0 Å². The van der Waals surface area contributed by atoms with Crippen LogP contribution in [0.15, 0.2) is 23.1 Å². The lowest BCUT2D eigenvalue weighted by Crippen LogP contribution is -2.43. The highest BCUT2D eigenvalue weighted by molar-refractivity contribution is 7.89. The van der Waals surface area contributed by atoms with Crippen molar-refractivity contribution in [1.29, 1.82) is 0 Å². The highest BCUT2D eigenvalue weighted by atomic mass is 32.2. The normalized spacial score (nSPS) is 12.8. The van der Waals surface area contributed by atoms with Crippen LogP contribution >= 0.6 is 0 Å². The van der Waals surface area contributed by atoms with E-state index in [-0.39, 0.29) is 0 Å². The number of nitro groups is 1. The van der Waals surface area contributed by atoms with E-state index in [0.717, 1.165) is 12.1 Å². The lowest BCUT2D eigenvalue weighted by Gasteiger charge is -2.12. The summed E-state index contributed by atoms with van der Waals surface area (Å²) in [6.45, 7) is 1.30. The molecule has 20 heavy (non-hydrogen) atoms. The van der Waals surface area contributed by atoms with Crippen LogP contribution in [0, 0.1) is 15.9 Å². The first kappa shape index (κ1) is 16.0. The molecule has 0 fully saturated rings. The van der Waals surface area contributed by atoms with Crippen LogP contribution in [0.1, 0.15) is 6.92 Å². The van der Waals surface area contributed by atoms with Gasteiger partial charge in [0.15, 0.2) is 0 Å². The van der Waals surface area contributed by atoms with Crippen molar-refractivity contribution >= 4 is 21.6 Å². The zero-order valence-electron chi connectivity index (χ0n) is 10.6. The van der Waals surface area contributed by atoms with E-state index in [0.29, 0.717) is 6.07 Å². The molecule has 0 aromatic heterocycles. The summed E-state index contributed by atoms with van der Waals surface area (Å²) in [5, 5.41) is 12.7. The average molecular weight is 305 g/mol. The Hall–Kier alpha value is -2.07. The Morgan fingerprint density at radius 2 is 2.05 bits per heavy atom. The molecular weight excluding hydrogens is 293 g/mol. The first-order valence-corrected chi connectivity index (χ1v) is 6.85. The molecule has 1 atom stereocenters. The van der Waals surface area contributed by atoms with Gasteiger partial charge in [0.1, 0.15) is 0 Å². The predicted octanol–water partition coefficient (Wildman–Crippen LogP) is 0.147. The van der Waals surface area contributed by atoms with Crippen LogP contribution in [-0.4, -0.2) is 32.3 Å². The summed E-state index contributed by atoms with van der Waals surface area (Å²) >= 11 is 0. The van der Waals surface area contributed by atoms with Gasteiger partial charge in [-0.3, -0.25) is 14.9 Å². The Kier molecular flexibility index (Phi) is 4.73. The molecule has 0 bridgehead atoms. The van der Waals surface area contributed by atoms with Crippen molar-refractivity contribution < 1.29 is 22.5 Å². The number of nitro benzene ring substituents is 1. The summed E-state index contributed by atoms with van der Waals surface area (Å²) < 4.78 is 39.1. The van der Waals surface area contributed by atoms with Gasteiger partial charge in [-0.2, -0.15) is 9.11 Å². The van der Waals surface area contributed by atoms with Gasteiger partial charge in [0.25, 0.3) is 0 Å². The van der Waals surface area contributed by atoms with E-state index in [1.165, 1.54) is 14.0 Å². The third kappa shape index (κ3) is 3.48. The molecule has 1 rings (SSSR count). The Morgan fingerprint density at radius 1 is 1.45 bits per heavy atom. The number of amides is 1. The predicted molar refractivity (Wildman–Crippen MR) is 66.9 cm³/mol. The number of rotatable bonds is 5. The van der Waals surface area contributed by atoms with Crippen molar-refractivity contribution in [1.82, 2.24) is 10.0 Å². The highest BCUT2D eigenvalue weighted by Crippen LogP contribution is 2.20. The largest absolute Gasteiger partial charge is 0.358 e. The maximum Gasteiger partial charge on any atom is 0.304 e. The molecule has 110 valence electrons. The summed E-state index contributed by atoms with van der Waals surface area (Å²) in [5.41, 5.74) is -0.830. The van der Waals surface area contributed by atoms with Crippen LogP contribution in [0.2, 0.25) is 0 Å². The summed E-state index contributed by atoms with van der Waals surface area (Å²) in [7, 11) is -2.82. The van der Waals surface area contributed by atoms with Crippen molar-refractivity contribution in [3.05, 3.63) is 34.1 Å². The number of nitrogens with zero attached hydrogens (tertiary/aromatic N) is 1. The van der Waals surface area contributed by atoms with Crippen LogP contribution in [0.4, 0.5) is 10.1 Å². The molecule has 2 N–H and O–H groups in total. The summed E-state index contributed by atoms with van der Waals surface area (Å²) in [6.07, 6.45) is 0. The molecule has 0 aliphatic heterocycles. The molecule has 10 heteroatoms. The van der Waals surface area contributed by atoms with Gasteiger partial charge in [0, 0.05) is 19.2 Å². The van der Waals surface area contributed by atoms with Gasteiger partial charge in [0.05, 0.1) is 15.9 Å². The van der Waals surface area contributed by atoms with Crippen molar-refractivity contribution in [2.75, 3.05) is 7.05 Å². The van der Waals surface area contributed by atoms with Crippen molar-refractivity contribution in [3.8, 4) is 0 Å². The number of halogens is 1. The average Bonchev–Trinajstić information content (AvgIpc) is 2.36. The molecule has 8 nitrogen and oxygen atoms in total. The first-order valence-electron chi connectivity index (χ1n) is 5.37. The van der Waals surface area contributed by atoms with Crippen molar-refractivity contribution in [2.45, 2.75) is 17.9 Å². The molecule has 1 unspecified atom stereocenters. The molecule has 0 saturated heterocycles. The van der Waals surface area contributed by atoms with E-state index in [1.807, 2.05) is 4.72 Å². The summed E-state index contributed by atoms with van der Waals surface area (Å²) in [5.74, 6) is -1.85.